The van der Waals surface area contributed by atoms with Gasteiger partial charge in [0.2, 0.25) is 6.79 Å². The SMILES string of the molecule is Nc1cccc(C(=O)O)c1Nc1ccc2c(c1)OCO2. The number of carbonyl (C=O) groups is 1. The van der Waals surface area contributed by atoms with Crippen LogP contribution in [0.4, 0.5) is 17.1 Å². The van der Waals surface area contributed by atoms with E-state index in [1.54, 1.807) is 30.3 Å². The summed E-state index contributed by atoms with van der Waals surface area (Å²) in [6, 6.07) is 10.00. The average molecular weight is 272 g/mol. The predicted molar refractivity (Wildman–Crippen MR) is 73.7 cm³/mol. The zero-order chi connectivity index (χ0) is 14.1. The second-order valence-electron chi connectivity index (χ2n) is 4.27. The lowest BCUT2D eigenvalue weighted by molar-refractivity contribution is 0.0698. The van der Waals surface area contributed by atoms with Gasteiger partial charge in [-0.25, -0.2) is 4.79 Å². The Labute approximate surface area is 114 Å². The van der Waals surface area contributed by atoms with Crippen molar-refractivity contribution in [2.45, 2.75) is 0 Å². The van der Waals surface area contributed by atoms with Crippen molar-refractivity contribution in [3.63, 3.8) is 0 Å². The number of nitrogens with two attached hydrogens (primary N) is 1. The average Bonchev–Trinajstić information content (AvgIpc) is 2.88. The highest BCUT2D eigenvalue weighted by molar-refractivity contribution is 5.98. The number of carboxylic acids is 1. The van der Waals surface area contributed by atoms with Crippen LogP contribution in [0.5, 0.6) is 11.5 Å². The molecule has 0 aromatic heterocycles. The Bertz CT molecular complexity index is 685. The van der Waals surface area contributed by atoms with Crippen LogP contribution in [0, 0.1) is 0 Å². The molecule has 0 saturated carbocycles. The molecule has 4 N–H and O–H groups in total. The standard InChI is InChI=1S/C14H12N2O4/c15-10-3-1-2-9(14(17)18)13(10)16-8-4-5-11-12(6-8)20-7-19-11/h1-6,16H,7,15H2,(H,17,18). The van der Waals surface area contributed by atoms with Crippen molar-refractivity contribution >= 4 is 23.0 Å². The molecule has 3 rings (SSSR count). The predicted octanol–water partition coefficient (Wildman–Crippen LogP) is 2.44. The highest BCUT2D eigenvalue weighted by atomic mass is 16.7. The fourth-order valence-electron chi connectivity index (χ4n) is 2.01. The Morgan fingerprint density at radius 2 is 2.00 bits per heavy atom. The molecule has 6 heteroatoms. The molecule has 0 aliphatic carbocycles. The van der Waals surface area contributed by atoms with Gasteiger partial charge in [0.15, 0.2) is 11.5 Å². The van der Waals surface area contributed by atoms with E-state index < -0.39 is 5.97 Å². The van der Waals surface area contributed by atoms with Crippen molar-refractivity contribution in [2.75, 3.05) is 17.8 Å². The van der Waals surface area contributed by atoms with Crippen molar-refractivity contribution in [1.29, 1.82) is 0 Å². The van der Waals surface area contributed by atoms with Gasteiger partial charge in [0.25, 0.3) is 0 Å². The lowest BCUT2D eigenvalue weighted by Gasteiger charge is -2.12. The molecule has 1 aliphatic rings. The third-order valence-electron chi connectivity index (χ3n) is 2.97. The fourth-order valence-corrected chi connectivity index (χ4v) is 2.01. The van der Waals surface area contributed by atoms with E-state index in [0.717, 1.165) is 0 Å². The number of para-hydroxylation sites is 1. The van der Waals surface area contributed by atoms with Gasteiger partial charge >= 0.3 is 5.97 Å². The van der Waals surface area contributed by atoms with Gasteiger partial charge in [-0.1, -0.05) is 6.07 Å². The van der Waals surface area contributed by atoms with Gasteiger partial charge in [0.1, 0.15) is 0 Å². The van der Waals surface area contributed by atoms with Gasteiger partial charge < -0.3 is 25.6 Å². The molecule has 102 valence electrons. The van der Waals surface area contributed by atoms with E-state index >= 15 is 0 Å². The molecule has 0 fully saturated rings. The molecular weight excluding hydrogens is 260 g/mol. The summed E-state index contributed by atoms with van der Waals surface area (Å²) in [6.45, 7) is 0.187. The quantitative estimate of drug-likeness (QED) is 0.743. The highest BCUT2D eigenvalue weighted by Crippen LogP contribution is 2.36. The van der Waals surface area contributed by atoms with Gasteiger partial charge in [0, 0.05) is 11.8 Å². The van der Waals surface area contributed by atoms with E-state index in [0.29, 0.717) is 28.6 Å². The zero-order valence-corrected chi connectivity index (χ0v) is 10.4. The molecule has 0 saturated heterocycles. The summed E-state index contributed by atoms with van der Waals surface area (Å²) >= 11 is 0. The van der Waals surface area contributed by atoms with E-state index in [2.05, 4.69) is 5.32 Å². The number of carboxylic acid groups (broad SMARTS) is 1. The number of fused-ring (bicyclic) bond motifs is 1. The molecule has 0 spiro atoms. The number of benzene rings is 2. The van der Waals surface area contributed by atoms with Crippen LogP contribution in [0.2, 0.25) is 0 Å². The minimum Gasteiger partial charge on any atom is -0.478 e. The summed E-state index contributed by atoms with van der Waals surface area (Å²) in [7, 11) is 0. The third-order valence-corrected chi connectivity index (χ3v) is 2.97. The number of aromatic carboxylic acids is 1. The third kappa shape index (κ3) is 2.07. The lowest BCUT2D eigenvalue weighted by atomic mass is 10.1. The van der Waals surface area contributed by atoms with Crippen LogP contribution in [-0.2, 0) is 0 Å². The fraction of sp³-hybridized carbons (Fsp3) is 0.0714. The van der Waals surface area contributed by atoms with Crippen LogP contribution >= 0.6 is 0 Å². The Kier molecular flexibility index (Phi) is 2.83. The number of nitrogens with one attached hydrogen (secondary N) is 1. The lowest BCUT2D eigenvalue weighted by Crippen LogP contribution is -2.05. The number of rotatable bonds is 3. The number of hydrogen-bond donors (Lipinski definition) is 3. The Balaban J connectivity index is 1.97. The van der Waals surface area contributed by atoms with Crippen molar-refractivity contribution in [3.05, 3.63) is 42.0 Å². The smallest absolute Gasteiger partial charge is 0.337 e. The van der Waals surface area contributed by atoms with Crippen molar-refractivity contribution in [2.24, 2.45) is 0 Å². The van der Waals surface area contributed by atoms with Crippen molar-refractivity contribution < 1.29 is 19.4 Å². The summed E-state index contributed by atoms with van der Waals surface area (Å²) in [5.41, 5.74) is 7.35. The van der Waals surface area contributed by atoms with Crippen LogP contribution in [-0.4, -0.2) is 17.9 Å². The summed E-state index contributed by atoms with van der Waals surface area (Å²) < 4.78 is 10.5. The second kappa shape index (κ2) is 4.65. The minimum atomic E-state index is -1.04. The molecule has 0 unspecified atom stereocenters. The first kappa shape index (κ1) is 12.2. The van der Waals surface area contributed by atoms with Crippen LogP contribution < -0.4 is 20.5 Å². The number of anilines is 3. The van der Waals surface area contributed by atoms with Gasteiger partial charge in [0.05, 0.1) is 16.9 Å². The minimum absolute atomic E-state index is 0.114. The summed E-state index contributed by atoms with van der Waals surface area (Å²) in [6.07, 6.45) is 0. The van der Waals surface area contributed by atoms with E-state index in [-0.39, 0.29) is 12.4 Å². The van der Waals surface area contributed by atoms with Crippen molar-refractivity contribution in [3.8, 4) is 11.5 Å². The van der Waals surface area contributed by atoms with Crippen LogP contribution in [0.3, 0.4) is 0 Å². The molecule has 0 radical (unpaired) electrons. The van der Waals surface area contributed by atoms with Gasteiger partial charge in [-0.15, -0.1) is 0 Å². The first-order chi connectivity index (χ1) is 9.65. The van der Waals surface area contributed by atoms with Crippen LogP contribution in [0.25, 0.3) is 0 Å². The maximum absolute atomic E-state index is 11.2. The molecular formula is C14H12N2O4. The largest absolute Gasteiger partial charge is 0.478 e. The monoisotopic (exact) mass is 272 g/mol. The first-order valence-corrected chi connectivity index (χ1v) is 5.93. The van der Waals surface area contributed by atoms with E-state index in [9.17, 15) is 9.90 Å². The molecule has 0 bridgehead atoms. The maximum atomic E-state index is 11.2. The van der Waals surface area contributed by atoms with E-state index in [1.165, 1.54) is 6.07 Å². The second-order valence-corrected chi connectivity index (χ2v) is 4.27. The molecule has 1 aliphatic heterocycles. The van der Waals surface area contributed by atoms with E-state index in [1.807, 2.05) is 0 Å². The highest BCUT2D eigenvalue weighted by Gasteiger charge is 2.16. The summed E-state index contributed by atoms with van der Waals surface area (Å²) in [5.74, 6) is 0.233. The molecule has 0 atom stereocenters. The molecule has 2 aromatic rings. The molecule has 6 nitrogen and oxygen atoms in total. The number of ether oxygens (including phenoxy) is 2. The van der Waals surface area contributed by atoms with Crippen molar-refractivity contribution in [1.82, 2.24) is 0 Å². The first-order valence-electron chi connectivity index (χ1n) is 5.93. The summed E-state index contributed by atoms with van der Waals surface area (Å²) in [5, 5.41) is 12.2. The van der Waals surface area contributed by atoms with Gasteiger partial charge in [-0.3, -0.25) is 0 Å². The Hall–Kier alpha value is -2.89. The maximum Gasteiger partial charge on any atom is 0.337 e. The Morgan fingerprint density at radius 1 is 1.20 bits per heavy atom. The molecule has 20 heavy (non-hydrogen) atoms. The normalized spacial score (nSPS) is 12.2. The zero-order valence-electron chi connectivity index (χ0n) is 10.4. The number of hydrogen-bond acceptors (Lipinski definition) is 5. The topological polar surface area (TPSA) is 93.8 Å². The van der Waals surface area contributed by atoms with E-state index in [4.69, 9.17) is 15.2 Å². The Morgan fingerprint density at radius 3 is 2.80 bits per heavy atom. The summed E-state index contributed by atoms with van der Waals surface area (Å²) in [4.78, 5) is 11.2. The van der Waals surface area contributed by atoms with Gasteiger partial charge in [-0.05, 0) is 24.3 Å². The molecule has 0 amide bonds. The molecule has 2 aromatic carbocycles. The molecule has 1 heterocycles. The number of nitrogen functional groups attached to an aromatic ring is 1. The van der Waals surface area contributed by atoms with Crippen LogP contribution in [0.1, 0.15) is 10.4 Å². The van der Waals surface area contributed by atoms with Gasteiger partial charge in [-0.2, -0.15) is 0 Å². The van der Waals surface area contributed by atoms with Crippen LogP contribution in [0.15, 0.2) is 36.4 Å².